The minimum Gasteiger partial charge on any atom is -0.462 e. The average molecular weight is 239 g/mol. The van der Waals surface area contributed by atoms with Gasteiger partial charge in [-0.1, -0.05) is 46.0 Å². The van der Waals surface area contributed by atoms with Gasteiger partial charge in [0, 0.05) is 0 Å². The normalized spacial score (nSPS) is 18.9. The first-order valence-corrected chi connectivity index (χ1v) is 7.31. The van der Waals surface area contributed by atoms with Crippen molar-refractivity contribution in [3.8, 4) is 0 Å². The monoisotopic (exact) mass is 239 g/mol. The van der Waals surface area contributed by atoms with Crippen LogP contribution in [0.15, 0.2) is 0 Å². The Kier molecular flexibility index (Phi) is 7.30. The zero-order valence-electron chi connectivity index (χ0n) is 11.4. The Morgan fingerprint density at radius 2 is 2.00 bits per heavy atom. The molecule has 1 unspecified atom stereocenters. The summed E-state index contributed by atoms with van der Waals surface area (Å²) in [5, 5.41) is 0. The van der Waals surface area contributed by atoms with E-state index in [0.717, 1.165) is 25.7 Å². The van der Waals surface area contributed by atoms with Gasteiger partial charge in [0.05, 0.1) is 6.42 Å². The van der Waals surface area contributed by atoms with Gasteiger partial charge in [0.1, 0.15) is 6.10 Å². The fourth-order valence-electron chi connectivity index (χ4n) is 2.64. The van der Waals surface area contributed by atoms with Crippen LogP contribution < -0.4 is 0 Å². The minimum atomic E-state index is -0.101. The van der Waals surface area contributed by atoms with Crippen molar-refractivity contribution in [2.24, 2.45) is 5.92 Å². The molecule has 0 aromatic rings. The highest BCUT2D eigenvalue weighted by molar-refractivity contribution is 5.78. The van der Waals surface area contributed by atoms with Gasteiger partial charge in [0.25, 0.3) is 0 Å². The molecule has 0 heterocycles. The Morgan fingerprint density at radius 1 is 1.29 bits per heavy atom. The molecule has 1 saturated carbocycles. The van der Waals surface area contributed by atoms with Crippen molar-refractivity contribution >= 4 is 5.97 Å². The van der Waals surface area contributed by atoms with Crippen LogP contribution in [0, 0.1) is 12.3 Å². The molecule has 0 aliphatic heterocycles. The van der Waals surface area contributed by atoms with E-state index in [1.54, 1.807) is 6.42 Å². The van der Waals surface area contributed by atoms with E-state index < -0.39 is 0 Å². The molecule has 1 atom stereocenters. The van der Waals surface area contributed by atoms with Crippen LogP contribution in [0.25, 0.3) is 0 Å². The molecular weight excluding hydrogens is 212 g/mol. The molecule has 1 rings (SSSR count). The van der Waals surface area contributed by atoms with Gasteiger partial charge in [0.2, 0.25) is 0 Å². The van der Waals surface area contributed by atoms with Gasteiger partial charge < -0.3 is 4.74 Å². The first-order valence-electron chi connectivity index (χ1n) is 7.31. The summed E-state index contributed by atoms with van der Waals surface area (Å²) in [5.41, 5.74) is 0. The zero-order valence-corrected chi connectivity index (χ0v) is 11.4. The third kappa shape index (κ3) is 5.56. The predicted octanol–water partition coefficient (Wildman–Crippen LogP) is 4.28. The summed E-state index contributed by atoms with van der Waals surface area (Å²) >= 11 is 0. The van der Waals surface area contributed by atoms with Crippen LogP contribution in [-0.4, -0.2) is 12.1 Å². The summed E-state index contributed by atoms with van der Waals surface area (Å²) < 4.78 is 5.59. The summed E-state index contributed by atoms with van der Waals surface area (Å²) in [7, 11) is 0. The predicted molar refractivity (Wildman–Crippen MR) is 70.6 cm³/mol. The molecular formula is C15H27O2. The van der Waals surface area contributed by atoms with E-state index >= 15 is 0 Å². The lowest BCUT2D eigenvalue weighted by molar-refractivity contribution is -0.148. The summed E-state index contributed by atoms with van der Waals surface area (Å²) in [6.45, 7) is 4.26. The van der Waals surface area contributed by atoms with Gasteiger partial charge in [-0.3, -0.25) is 4.79 Å². The van der Waals surface area contributed by atoms with Gasteiger partial charge >= 0.3 is 5.97 Å². The van der Waals surface area contributed by atoms with E-state index in [9.17, 15) is 4.79 Å². The van der Waals surface area contributed by atoms with Crippen LogP contribution in [0.2, 0.25) is 0 Å². The largest absolute Gasteiger partial charge is 0.462 e. The summed E-state index contributed by atoms with van der Waals surface area (Å²) in [4.78, 5) is 11.7. The van der Waals surface area contributed by atoms with Crippen molar-refractivity contribution in [3.05, 3.63) is 6.42 Å². The van der Waals surface area contributed by atoms with Crippen LogP contribution >= 0.6 is 0 Å². The van der Waals surface area contributed by atoms with Crippen molar-refractivity contribution in [3.63, 3.8) is 0 Å². The number of carbonyl (C=O) groups excluding carboxylic acids is 1. The van der Waals surface area contributed by atoms with Crippen molar-refractivity contribution in [1.29, 1.82) is 0 Å². The lowest BCUT2D eigenvalue weighted by atomic mass is 9.84. The third-order valence-corrected chi connectivity index (χ3v) is 3.71. The second kappa shape index (κ2) is 8.54. The second-order valence-corrected chi connectivity index (χ2v) is 5.13. The first-order chi connectivity index (χ1) is 8.27. The Hall–Kier alpha value is -0.530. The smallest absolute Gasteiger partial charge is 0.310 e. The Morgan fingerprint density at radius 3 is 2.59 bits per heavy atom. The highest BCUT2D eigenvalue weighted by Crippen LogP contribution is 2.29. The number of carbonyl (C=O) groups is 1. The van der Waals surface area contributed by atoms with Gasteiger partial charge in [-0.2, -0.15) is 0 Å². The zero-order chi connectivity index (χ0) is 12.5. The fraction of sp³-hybridized carbons (Fsp3) is 0.867. The molecule has 2 heteroatoms. The molecule has 99 valence electrons. The molecule has 1 aliphatic rings. The van der Waals surface area contributed by atoms with Crippen LogP contribution in [0.1, 0.15) is 71.6 Å². The van der Waals surface area contributed by atoms with Crippen molar-refractivity contribution < 1.29 is 9.53 Å². The standard InChI is InChI=1S/C15H27O2/c1-3-5-7-12-15(16)17-14(4-2)13-10-8-6-9-11-13/h12-14H,3-11H2,1-2H3. The summed E-state index contributed by atoms with van der Waals surface area (Å²) in [6, 6.07) is 0. The van der Waals surface area contributed by atoms with E-state index in [0.29, 0.717) is 5.92 Å². The number of unbranched alkanes of at least 4 members (excludes halogenated alkanes) is 2. The molecule has 0 saturated heterocycles. The highest BCUT2D eigenvalue weighted by atomic mass is 16.5. The first kappa shape index (κ1) is 14.5. The van der Waals surface area contributed by atoms with Crippen LogP contribution in [-0.2, 0) is 9.53 Å². The molecule has 17 heavy (non-hydrogen) atoms. The molecule has 1 radical (unpaired) electrons. The lowest BCUT2D eigenvalue weighted by Gasteiger charge is -2.29. The molecule has 0 spiro atoms. The van der Waals surface area contributed by atoms with Gasteiger partial charge in [0.15, 0.2) is 0 Å². The van der Waals surface area contributed by atoms with E-state index in [-0.39, 0.29) is 12.1 Å². The number of hydrogen-bond donors (Lipinski definition) is 0. The molecule has 0 N–H and O–H groups in total. The Labute approximate surface area is 106 Å². The molecule has 0 bridgehead atoms. The molecule has 0 amide bonds. The number of hydrogen-bond acceptors (Lipinski definition) is 2. The quantitative estimate of drug-likeness (QED) is 0.489. The number of rotatable bonds is 7. The Balaban J connectivity index is 2.27. The molecule has 1 fully saturated rings. The third-order valence-electron chi connectivity index (χ3n) is 3.71. The number of esters is 1. The van der Waals surface area contributed by atoms with Crippen LogP contribution in [0.3, 0.4) is 0 Å². The van der Waals surface area contributed by atoms with Crippen molar-refractivity contribution in [1.82, 2.24) is 0 Å². The topological polar surface area (TPSA) is 26.3 Å². The maximum absolute atomic E-state index is 11.7. The van der Waals surface area contributed by atoms with Crippen LogP contribution in [0.4, 0.5) is 0 Å². The van der Waals surface area contributed by atoms with E-state index in [1.807, 2.05) is 0 Å². The van der Waals surface area contributed by atoms with Gasteiger partial charge in [-0.25, -0.2) is 0 Å². The average Bonchev–Trinajstić information content (AvgIpc) is 2.37. The maximum atomic E-state index is 11.7. The maximum Gasteiger partial charge on any atom is 0.310 e. The molecule has 0 aromatic heterocycles. The molecule has 1 aliphatic carbocycles. The minimum absolute atomic E-state index is 0.101. The fourth-order valence-corrected chi connectivity index (χ4v) is 2.64. The Bertz CT molecular complexity index is 207. The van der Waals surface area contributed by atoms with Crippen LogP contribution in [0.5, 0.6) is 0 Å². The lowest BCUT2D eigenvalue weighted by Crippen LogP contribution is -2.28. The van der Waals surface area contributed by atoms with Gasteiger partial charge in [-0.05, 0) is 31.6 Å². The molecule has 2 nitrogen and oxygen atoms in total. The summed E-state index contributed by atoms with van der Waals surface area (Å²) in [5.74, 6) is 0.508. The van der Waals surface area contributed by atoms with E-state index in [4.69, 9.17) is 4.74 Å². The second-order valence-electron chi connectivity index (χ2n) is 5.13. The molecule has 0 aromatic carbocycles. The summed E-state index contributed by atoms with van der Waals surface area (Å²) in [6.07, 6.45) is 12.3. The SMILES string of the molecule is CCCC[CH]C(=O)OC(CC)C1CCCCC1. The van der Waals surface area contributed by atoms with E-state index in [1.165, 1.54) is 32.1 Å². The van der Waals surface area contributed by atoms with Gasteiger partial charge in [-0.15, -0.1) is 0 Å². The van der Waals surface area contributed by atoms with Crippen molar-refractivity contribution in [2.45, 2.75) is 77.7 Å². The highest BCUT2D eigenvalue weighted by Gasteiger charge is 2.25. The number of ether oxygens (including phenoxy) is 1. The van der Waals surface area contributed by atoms with Crippen molar-refractivity contribution in [2.75, 3.05) is 0 Å². The van der Waals surface area contributed by atoms with E-state index in [2.05, 4.69) is 13.8 Å².